The molecule has 0 bridgehead atoms. The van der Waals surface area contributed by atoms with Gasteiger partial charge in [-0.1, -0.05) is 57.2 Å². The van der Waals surface area contributed by atoms with E-state index in [1.54, 1.807) is 0 Å². The zero-order valence-electron chi connectivity index (χ0n) is 32.3. The topological polar surface area (TPSA) is 128 Å². The SMILES string of the molecule is CC(C)(C)c1cc(NC(=O)N[C@H]2CC[C@@H](Oc3ccc4nnc(N5CCCCC5)n4c3)c3ccccc32)n(-c2cccc(CN3CCN(CCO)CC3)c2)n1. The second kappa shape index (κ2) is 16.0. The molecule has 3 aromatic heterocycles. The van der Waals surface area contributed by atoms with Crippen LogP contribution in [0.5, 0.6) is 5.75 Å². The predicted octanol–water partition coefficient (Wildman–Crippen LogP) is 6.09. The molecule has 2 amide bonds. The number of amides is 2. The number of piperidine rings is 1. The lowest BCUT2D eigenvalue weighted by Gasteiger charge is -2.34. The number of carbonyl (C=O) groups is 1. The number of aliphatic hydroxyl groups is 1. The van der Waals surface area contributed by atoms with Crippen LogP contribution in [0, 0.1) is 0 Å². The summed E-state index contributed by atoms with van der Waals surface area (Å²) in [4.78, 5) is 20.9. The maximum atomic E-state index is 13.8. The highest BCUT2D eigenvalue weighted by Crippen LogP contribution is 2.39. The third-order valence-electron chi connectivity index (χ3n) is 11.2. The minimum atomic E-state index is -0.277. The molecule has 0 spiro atoms. The quantitative estimate of drug-likeness (QED) is 0.156. The molecule has 13 heteroatoms. The van der Waals surface area contributed by atoms with Crippen LogP contribution in [-0.4, -0.2) is 97.7 Å². The van der Waals surface area contributed by atoms with Crippen molar-refractivity contribution in [3.8, 4) is 11.4 Å². The lowest BCUT2D eigenvalue weighted by molar-refractivity contribution is 0.108. The van der Waals surface area contributed by atoms with Crippen molar-refractivity contribution >= 4 is 23.4 Å². The highest BCUT2D eigenvalue weighted by atomic mass is 16.5. The number of β-amino-alcohol motifs (C(OH)–C–C–N with tert-alkyl or cyclic N) is 1. The molecule has 2 aromatic carbocycles. The van der Waals surface area contributed by atoms with E-state index in [2.05, 4.69) is 86.6 Å². The van der Waals surface area contributed by atoms with E-state index in [1.807, 2.05) is 51.7 Å². The van der Waals surface area contributed by atoms with Crippen LogP contribution in [0.2, 0.25) is 0 Å². The molecular formula is C42H54N10O3. The zero-order valence-corrected chi connectivity index (χ0v) is 32.3. The van der Waals surface area contributed by atoms with E-state index in [0.29, 0.717) is 5.82 Å². The van der Waals surface area contributed by atoms with Gasteiger partial charge in [0.2, 0.25) is 5.95 Å². The van der Waals surface area contributed by atoms with Gasteiger partial charge >= 0.3 is 6.03 Å². The Balaban J connectivity index is 0.964. The van der Waals surface area contributed by atoms with E-state index in [0.717, 1.165) is 105 Å². The predicted molar refractivity (Wildman–Crippen MR) is 214 cm³/mol. The number of fused-ring (bicyclic) bond motifs is 2. The maximum Gasteiger partial charge on any atom is 0.320 e. The maximum absolute atomic E-state index is 13.8. The molecule has 2 atom stereocenters. The number of hydrogen-bond donors (Lipinski definition) is 3. The molecule has 2 saturated heterocycles. The number of hydrogen-bond acceptors (Lipinski definition) is 9. The summed E-state index contributed by atoms with van der Waals surface area (Å²) < 4.78 is 10.6. The Morgan fingerprint density at radius 2 is 1.65 bits per heavy atom. The number of nitrogens with one attached hydrogen (secondary N) is 2. The van der Waals surface area contributed by atoms with E-state index < -0.39 is 0 Å². The van der Waals surface area contributed by atoms with Crippen LogP contribution in [0.1, 0.15) is 87.4 Å². The number of urea groups is 1. The van der Waals surface area contributed by atoms with Crippen LogP contribution in [0.25, 0.3) is 11.3 Å². The van der Waals surface area contributed by atoms with Crippen LogP contribution in [0.3, 0.4) is 0 Å². The van der Waals surface area contributed by atoms with Crippen LogP contribution in [-0.2, 0) is 12.0 Å². The molecule has 1 aliphatic carbocycles. The first-order chi connectivity index (χ1) is 26.7. The summed E-state index contributed by atoms with van der Waals surface area (Å²) in [6.45, 7) is 14.0. The van der Waals surface area contributed by atoms with Crippen LogP contribution in [0.4, 0.5) is 16.6 Å². The number of piperazine rings is 1. The summed E-state index contributed by atoms with van der Waals surface area (Å²) in [6.07, 6.45) is 6.91. The Hall–Kier alpha value is -4.98. The standard InChI is InChI=1S/C42H54N10O3/c1-42(2,3)37-27-39(52(47-37)31-11-9-10-30(26-31)28-49-22-20-48(21-23-49)24-25-53)44-40(54)43-35-15-16-36(34-13-6-5-12-33(34)35)55-32-14-17-38-45-46-41(51(38)29-32)50-18-7-4-8-19-50/h5-6,9-14,17,26-27,29,35-36,53H,4,7-8,15-16,18-25,28H2,1-3H3,(H2,43,44,54)/t35-,36+/m0/s1. The van der Waals surface area contributed by atoms with Gasteiger partial charge in [0, 0.05) is 63.8 Å². The molecule has 5 aromatic rings. The number of rotatable bonds is 10. The van der Waals surface area contributed by atoms with Crippen molar-refractivity contribution in [1.82, 2.24) is 39.5 Å². The monoisotopic (exact) mass is 746 g/mol. The molecule has 290 valence electrons. The average molecular weight is 747 g/mol. The number of aromatic nitrogens is 5. The summed E-state index contributed by atoms with van der Waals surface area (Å²) in [5.74, 6) is 2.26. The van der Waals surface area contributed by atoms with E-state index in [9.17, 15) is 9.90 Å². The van der Waals surface area contributed by atoms with Gasteiger partial charge in [-0.05, 0) is 73.1 Å². The highest BCUT2D eigenvalue weighted by Gasteiger charge is 2.30. The largest absolute Gasteiger partial charge is 0.484 e. The molecule has 0 saturated carbocycles. The molecular weight excluding hydrogens is 693 g/mol. The van der Waals surface area contributed by atoms with Crippen molar-refractivity contribution < 1.29 is 14.6 Å². The summed E-state index contributed by atoms with van der Waals surface area (Å²) in [6, 6.07) is 22.1. The number of nitrogens with zero attached hydrogens (tertiary/aromatic N) is 8. The summed E-state index contributed by atoms with van der Waals surface area (Å²) in [5, 5.41) is 29.7. The number of aliphatic hydroxyl groups excluding tert-OH is 1. The molecule has 2 fully saturated rings. The number of ether oxygens (including phenoxy) is 1. The molecule has 13 nitrogen and oxygen atoms in total. The van der Waals surface area contributed by atoms with Crippen LogP contribution >= 0.6 is 0 Å². The van der Waals surface area contributed by atoms with E-state index >= 15 is 0 Å². The summed E-state index contributed by atoms with van der Waals surface area (Å²) in [5.41, 5.74) is 5.71. The summed E-state index contributed by atoms with van der Waals surface area (Å²) in [7, 11) is 0. The lowest BCUT2D eigenvalue weighted by atomic mass is 9.85. The molecule has 5 heterocycles. The van der Waals surface area contributed by atoms with Crippen molar-refractivity contribution in [3.63, 3.8) is 0 Å². The summed E-state index contributed by atoms with van der Waals surface area (Å²) >= 11 is 0. The average Bonchev–Trinajstić information content (AvgIpc) is 3.82. The normalized spacial score (nSPS) is 19.7. The van der Waals surface area contributed by atoms with Crippen molar-refractivity contribution in [2.75, 3.05) is 62.6 Å². The van der Waals surface area contributed by atoms with Gasteiger partial charge in [-0.25, -0.2) is 9.48 Å². The van der Waals surface area contributed by atoms with Gasteiger partial charge in [-0.15, -0.1) is 10.2 Å². The second-order valence-corrected chi connectivity index (χ2v) is 16.2. The van der Waals surface area contributed by atoms with Gasteiger partial charge in [0.1, 0.15) is 17.7 Å². The number of pyridine rings is 1. The Labute approximate surface area is 323 Å². The van der Waals surface area contributed by atoms with Crippen LogP contribution in [0.15, 0.2) is 72.9 Å². The van der Waals surface area contributed by atoms with E-state index in [-0.39, 0.29) is 30.2 Å². The zero-order chi connectivity index (χ0) is 37.9. The number of anilines is 2. The number of carbonyl (C=O) groups excluding carboxylic acids is 1. The third kappa shape index (κ3) is 8.34. The van der Waals surface area contributed by atoms with Gasteiger partial charge in [0.25, 0.3) is 0 Å². The van der Waals surface area contributed by atoms with Crippen molar-refractivity contribution in [3.05, 3.63) is 95.3 Å². The smallest absolute Gasteiger partial charge is 0.320 e. The fourth-order valence-electron chi connectivity index (χ4n) is 8.13. The second-order valence-electron chi connectivity index (χ2n) is 16.2. The minimum absolute atomic E-state index is 0.155. The lowest BCUT2D eigenvalue weighted by Crippen LogP contribution is -2.46. The fraction of sp³-hybridized carbons (Fsp3) is 0.476. The first kappa shape index (κ1) is 37.0. The molecule has 0 unspecified atom stereocenters. The number of benzene rings is 2. The Morgan fingerprint density at radius 1 is 0.873 bits per heavy atom. The van der Waals surface area contributed by atoms with Crippen molar-refractivity contribution in [2.24, 2.45) is 0 Å². The van der Waals surface area contributed by atoms with Crippen molar-refractivity contribution in [1.29, 1.82) is 0 Å². The van der Waals surface area contributed by atoms with Gasteiger partial charge in [-0.2, -0.15) is 5.10 Å². The van der Waals surface area contributed by atoms with Gasteiger partial charge in [0.05, 0.1) is 30.2 Å². The van der Waals surface area contributed by atoms with E-state index in [1.165, 1.54) is 24.8 Å². The van der Waals surface area contributed by atoms with Crippen LogP contribution < -0.4 is 20.3 Å². The third-order valence-corrected chi connectivity index (χ3v) is 11.2. The van der Waals surface area contributed by atoms with Gasteiger partial charge in [0.15, 0.2) is 5.65 Å². The molecule has 3 N–H and O–H groups in total. The van der Waals surface area contributed by atoms with Gasteiger partial charge < -0.3 is 20.1 Å². The molecule has 3 aliphatic rings. The first-order valence-corrected chi connectivity index (χ1v) is 19.9. The van der Waals surface area contributed by atoms with Gasteiger partial charge in [-0.3, -0.25) is 19.5 Å². The minimum Gasteiger partial charge on any atom is -0.484 e. The van der Waals surface area contributed by atoms with E-state index in [4.69, 9.17) is 9.84 Å². The first-order valence-electron chi connectivity index (χ1n) is 19.9. The fourth-order valence-corrected chi connectivity index (χ4v) is 8.13. The molecule has 8 rings (SSSR count). The highest BCUT2D eigenvalue weighted by molar-refractivity contribution is 5.89. The molecule has 0 radical (unpaired) electrons. The Kier molecular flexibility index (Phi) is 10.8. The Bertz CT molecular complexity index is 2090. The van der Waals surface area contributed by atoms with Crippen molar-refractivity contribution in [2.45, 2.75) is 77.0 Å². The Morgan fingerprint density at radius 3 is 2.44 bits per heavy atom. The molecule has 55 heavy (non-hydrogen) atoms. The molecule has 2 aliphatic heterocycles.